The molecule has 5 unspecified atom stereocenters. The smallest absolute Gasteiger partial charge is 0.393 e. The third kappa shape index (κ3) is 4.20. The third-order valence-corrected chi connectivity index (χ3v) is 11.5. The predicted molar refractivity (Wildman–Crippen MR) is 124 cm³/mol. The zero-order chi connectivity index (χ0) is 24.3. The van der Waals surface area contributed by atoms with Gasteiger partial charge in [-0.3, -0.25) is 4.55 Å². The van der Waals surface area contributed by atoms with Crippen LogP contribution in [0.2, 0.25) is 0 Å². The lowest BCUT2D eigenvalue weighted by Crippen LogP contribution is -2.65. The lowest BCUT2D eigenvalue weighted by molar-refractivity contribution is -0.228. The minimum atomic E-state index is -4.45. The monoisotopic (exact) mass is 488 g/mol. The summed E-state index contributed by atoms with van der Waals surface area (Å²) in [5.74, 6) is 1.40. The van der Waals surface area contributed by atoms with Crippen LogP contribution in [0.3, 0.4) is 0 Å². The molecule has 192 valence electrons. The summed E-state index contributed by atoms with van der Waals surface area (Å²) in [6, 6.07) is 0. The number of hydrogen-bond acceptors (Lipinski definition) is 6. The van der Waals surface area contributed by atoms with Gasteiger partial charge in [0, 0.05) is 0 Å². The van der Waals surface area contributed by atoms with Crippen molar-refractivity contribution in [1.82, 2.24) is 0 Å². The van der Waals surface area contributed by atoms with Crippen molar-refractivity contribution in [1.29, 1.82) is 0 Å². The molecule has 0 spiro atoms. The van der Waals surface area contributed by atoms with Gasteiger partial charge in [0.15, 0.2) is 0 Å². The Morgan fingerprint density at radius 2 is 1.73 bits per heavy atom. The van der Waals surface area contributed by atoms with Gasteiger partial charge in [-0.2, -0.15) is 8.42 Å². The van der Waals surface area contributed by atoms with Gasteiger partial charge in [-0.05, 0) is 97.2 Å². The fourth-order valence-electron chi connectivity index (χ4n) is 9.43. The lowest BCUT2D eigenvalue weighted by atomic mass is 9.41. The van der Waals surface area contributed by atoms with Gasteiger partial charge in [-0.25, -0.2) is 4.18 Å². The van der Waals surface area contributed by atoms with E-state index in [0.29, 0.717) is 12.8 Å². The van der Waals surface area contributed by atoms with Gasteiger partial charge in [0.1, 0.15) is 0 Å². The van der Waals surface area contributed by atoms with E-state index in [4.69, 9.17) is 4.55 Å². The summed E-state index contributed by atoms with van der Waals surface area (Å²) >= 11 is 0. The number of rotatable bonds is 6. The van der Waals surface area contributed by atoms with Crippen LogP contribution in [0.1, 0.15) is 79.1 Å². The van der Waals surface area contributed by atoms with E-state index in [1.807, 2.05) is 0 Å². The van der Waals surface area contributed by atoms with Crippen molar-refractivity contribution in [3.05, 3.63) is 0 Å². The molecule has 4 saturated carbocycles. The van der Waals surface area contributed by atoms with Crippen LogP contribution in [0, 0.1) is 52.3 Å². The standard InChI is InChI=1S/C25H44O7S/c1-5-16-19-12-15(26)8-10-24(19,3)20-13-21(27)25(4)17(6-7-18(25)22(20)23(16)28)14(2)9-11-32-33(29,30)31/h14-23,26-28H,5-13H2,1-4H3,(H,29,30,31)/t14-,15-,16-,17?,18?,19?,20?,21+,22?,23-,24+,25-/m1/s1. The second-order valence-corrected chi connectivity index (χ2v) is 13.3. The fourth-order valence-corrected chi connectivity index (χ4v) is 9.74. The Balaban J connectivity index is 1.61. The van der Waals surface area contributed by atoms with E-state index in [1.54, 1.807) is 0 Å². The second-order valence-electron chi connectivity index (χ2n) is 12.2. The summed E-state index contributed by atoms with van der Waals surface area (Å²) < 4.78 is 35.3. The number of aliphatic hydroxyl groups is 3. The van der Waals surface area contributed by atoms with Crippen molar-refractivity contribution in [3.8, 4) is 0 Å². The van der Waals surface area contributed by atoms with E-state index < -0.39 is 22.6 Å². The first-order valence-electron chi connectivity index (χ1n) is 13.0. The fraction of sp³-hybridized carbons (Fsp3) is 1.00. The topological polar surface area (TPSA) is 124 Å². The quantitative estimate of drug-likeness (QED) is 0.422. The Morgan fingerprint density at radius 3 is 2.36 bits per heavy atom. The molecule has 4 aliphatic carbocycles. The first-order chi connectivity index (χ1) is 15.3. The van der Waals surface area contributed by atoms with Gasteiger partial charge < -0.3 is 15.3 Å². The molecule has 4 fully saturated rings. The molecule has 8 heteroatoms. The Bertz CT molecular complexity index is 818. The van der Waals surface area contributed by atoms with Crippen LogP contribution in [0.5, 0.6) is 0 Å². The van der Waals surface area contributed by atoms with Crippen molar-refractivity contribution in [2.45, 2.75) is 97.4 Å². The Morgan fingerprint density at radius 1 is 1.03 bits per heavy atom. The van der Waals surface area contributed by atoms with Crippen LogP contribution in [0.15, 0.2) is 0 Å². The molecule has 0 amide bonds. The van der Waals surface area contributed by atoms with E-state index in [-0.39, 0.29) is 65.0 Å². The Labute approximate surface area is 199 Å². The molecular weight excluding hydrogens is 444 g/mol. The van der Waals surface area contributed by atoms with Crippen molar-refractivity contribution in [2.24, 2.45) is 52.3 Å². The van der Waals surface area contributed by atoms with E-state index >= 15 is 0 Å². The zero-order valence-corrected chi connectivity index (χ0v) is 21.4. The first-order valence-corrected chi connectivity index (χ1v) is 14.4. The molecule has 0 heterocycles. The van der Waals surface area contributed by atoms with Crippen molar-refractivity contribution >= 4 is 10.4 Å². The molecule has 0 aromatic heterocycles. The molecule has 4 aliphatic rings. The molecule has 0 aromatic carbocycles. The highest BCUT2D eigenvalue weighted by Crippen LogP contribution is 2.69. The molecule has 4 rings (SSSR count). The Hall–Kier alpha value is -0.250. The van der Waals surface area contributed by atoms with E-state index in [1.165, 1.54) is 0 Å². The van der Waals surface area contributed by atoms with Gasteiger partial charge in [0.2, 0.25) is 0 Å². The third-order valence-electron chi connectivity index (χ3n) is 11.1. The maximum Gasteiger partial charge on any atom is 0.397 e. The normalized spacial score (nSPS) is 50.8. The molecule has 33 heavy (non-hydrogen) atoms. The van der Waals surface area contributed by atoms with Crippen molar-refractivity contribution in [3.63, 3.8) is 0 Å². The van der Waals surface area contributed by atoms with Crippen LogP contribution >= 0.6 is 0 Å². The minimum absolute atomic E-state index is 0.0269. The van der Waals surface area contributed by atoms with Crippen LogP contribution in [-0.4, -0.2) is 53.2 Å². The minimum Gasteiger partial charge on any atom is -0.393 e. The van der Waals surface area contributed by atoms with E-state index in [2.05, 4.69) is 31.9 Å². The zero-order valence-electron chi connectivity index (χ0n) is 20.6. The van der Waals surface area contributed by atoms with Gasteiger partial charge in [0.25, 0.3) is 0 Å². The number of fused-ring (bicyclic) bond motifs is 5. The van der Waals surface area contributed by atoms with Crippen LogP contribution in [-0.2, 0) is 14.6 Å². The van der Waals surface area contributed by atoms with Gasteiger partial charge in [0.05, 0.1) is 24.9 Å². The van der Waals surface area contributed by atoms with Crippen molar-refractivity contribution in [2.75, 3.05) is 6.61 Å². The summed E-state index contributed by atoms with van der Waals surface area (Å²) in [5, 5.41) is 33.8. The Kier molecular flexibility index (Phi) is 7.05. The molecule has 0 radical (unpaired) electrons. The molecule has 0 saturated heterocycles. The highest BCUT2D eigenvalue weighted by molar-refractivity contribution is 7.80. The van der Waals surface area contributed by atoms with E-state index in [9.17, 15) is 23.7 Å². The maximum atomic E-state index is 11.7. The van der Waals surface area contributed by atoms with Crippen LogP contribution in [0.25, 0.3) is 0 Å². The largest absolute Gasteiger partial charge is 0.397 e. The average molecular weight is 489 g/mol. The number of aliphatic hydroxyl groups excluding tert-OH is 3. The molecule has 12 atom stereocenters. The summed E-state index contributed by atoms with van der Waals surface area (Å²) in [4.78, 5) is 0. The predicted octanol–water partition coefficient (Wildman–Crippen LogP) is 3.43. The lowest BCUT2D eigenvalue weighted by Gasteiger charge is -2.65. The number of hydrogen-bond donors (Lipinski definition) is 4. The first kappa shape index (κ1) is 25.8. The van der Waals surface area contributed by atoms with E-state index in [0.717, 1.165) is 38.5 Å². The highest BCUT2D eigenvalue weighted by atomic mass is 32.3. The second kappa shape index (κ2) is 9.00. The summed E-state index contributed by atoms with van der Waals surface area (Å²) in [5.41, 5.74) is -0.311. The maximum absolute atomic E-state index is 11.7. The van der Waals surface area contributed by atoms with Crippen LogP contribution < -0.4 is 0 Å². The summed E-state index contributed by atoms with van der Waals surface area (Å²) in [6.45, 7) is 8.70. The highest BCUT2D eigenvalue weighted by Gasteiger charge is 2.67. The van der Waals surface area contributed by atoms with Gasteiger partial charge in [-0.15, -0.1) is 0 Å². The molecule has 0 aliphatic heterocycles. The molecule has 0 bridgehead atoms. The van der Waals surface area contributed by atoms with Crippen molar-refractivity contribution < 1.29 is 32.5 Å². The summed E-state index contributed by atoms with van der Waals surface area (Å²) in [7, 11) is -4.45. The molecule has 0 aromatic rings. The van der Waals surface area contributed by atoms with Gasteiger partial charge >= 0.3 is 10.4 Å². The van der Waals surface area contributed by atoms with Crippen LogP contribution in [0.4, 0.5) is 0 Å². The molecule has 7 nitrogen and oxygen atoms in total. The molecule has 4 N–H and O–H groups in total. The summed E-state index contributed by atoms with van der Waals surface area (Å²) in [6.07, 6.45) is 5.28. The van der Waals surface area contributed by atoms with Gasteiger partial charge in [-0.1, -0.05) is 34.1 Å². The SMILES string of the molecule is CC[C@@H]1C2C[C@H](O)CC[C@]2(C)C2C[C@H](O)[C@@]3(C)C(CCC3[C@H](C)CCOS(=O)(=O)O)C2[C@@H]1O. The average Bonchev–Trinajstić information content (AvgIpc) is 3.08. The molecular formula is C25H44O7S.